The summed E-state index contributed by atoms with van der Waals surface area (Å²) in [5.74, 6) is 0.488. The highest BCUT2D eigenvalue weighted by Crippen LogP contribution is 2.32. The molecule has 0 fully saturated rings. The van der Waals surface area contributed by atoms with Crippen LogP contribution in [0.4, 0.5) is 5.69 Å². The molecule has 1 atom stereocenters. The Balaban J connectivity index is 3.20. The van der Waals surface area contributed by atoms with E-state index in [0.717, 1.165) is 5.56 Å². The zero-order valence-electron chi connectivity index (χ0n) is 11.9. The number of carbonyl (C=O) groups is 1. The van der Waals surface area contributed by atoms with Crippen LogP contribution in [0.1, 0.15) is 26.3 Å². The van der Waals surface area contributed by atoms with Gasteiger partial charge in [-0.2, -0.15) is 0 Å². The first-order valence-electron chi connectivity index (χ1n) is 6.27. The molecule has 3 N–H and O–H groups in total. The molecule has 1 unspecified atom stereocenters. The van der Waals surface area contributed by atoms with Crippen molar-refractivity contribution in [2.24, 2.45) is 5.73 Å². The maximum Gasteiger partial charge on any atom is 0.221 e. The zero-order chi connectivity index (χ0) is 14.5. The van der Waals surface area contributed by atoms with Crippen molar-refractivity contribution in [3.63, 3.8) is 0 Å². The van der Waals surface area contributed by atoms with E-state index in [9.17, 15) is 4.79 Å². The van der Waals surface area contributed by atoms with E-state index < -0.39 is 5.60 Å². The Morgan fingerprint density at radius 2 is 2.16 bits per heavy atom. The normalized spacial score (nSPS) is 13.7. The molecular formula is C14H22N2O3. The zero-order valence-corrected chi connectivity index (χ0v) is 11.9. The minimum Gasteiger partial charge on any atom is -0.492 e. The van der Waals surface area contributed by atoms with Gasteiger partial charge < -0.3 is 20.5 Å². The molecule has 106 valence electrons. The standard InChI is InChI=1S/C14H22N2O3/c1-5-19-13-7-6-11(14(3,9-15)18-4)8-12(13)16-10(2)17/h6-8H,5,9,15H2,1-4H3,(H,16,17). The number of carbonyl (C=O) groups excluding carboxylic acids is 1. The van der Waals surface area contributed by atoms with Crippen molar-refractivity contribution >= 4 is 11.6 Å². The van der Waals surface area contributed by atoms with E-state index in [4.69, 9.17) is 15.2 Å². The van der Waals surface area contributed by atoms with Gasteiger partial charge in [0.15, 0.2) is 0 Å². The van der Waals surface area contributed by atoms with E-state index in [1.807, 2.05) is 32.0 Å². The van der Waals surface area contributed by atoms with E-state index in [0.29, 0.717) is 24.6 Å². The van der Waals surface area contributed by atoms with Gasteiger partial charge in [-0.05, 0) is 31.5 Å². The summed E-state index contributed by atoms with van der Waals surface area (Å²) in [6, 6.07) is 5.55. The van der Waals surface area contributed by atoms with Gasteiger partial charge >= 0.3 is 0 Å². The minimum atomic E-state index is -0.585. The molecule has 0 aliphatic carbocycles. The fourth-order valence-electron chi connectivity index (χ4n) is 1.75. The smallest absolute Gasteiger partial charge is 0.221 e. The largest absolute Gasteiger partial charge is 0.492 e. The predicted octanol–water partition coefficient (Wildman–Crippen LogP) is 1.86. The molecule has 0 spiro atoms. The highest BCUT2D eigenvalue weighted by Gasteiger charge is 2.25. The molecule has 1 aromatic rings. The van der Waals surface area contributed by atoms with Crippen molar-refractivity contribution in [1.29, 1.82) is 0 Å². The van der Waals surface area contributed by atoms with E-state index >= 15 is 0 Å². The van der Waals surface area contributed by atoms with Gasteiger partial charge in [-0.25, -0.2) is 0 Å². The topological polar surface area (TPSA) is 73.6 Å². The van der Waals surface area contributed by atoms with Gasteiger partial charge in [0.1, 0.15) is 11.4 Å². The van der Waals surface area contributed by atoms with Crippen LogP contribution in [0.3, 0.4) is 0 Å². The first kappa shape index (κ1) is 15.5. The molecule has 1 aromatic carbocycles. The highest BCUT2D eigenvalue weighted by atomic mass is 16.5. The summed E-state index contributed by atoms with van der Waals surface area (Å²) in [6.45, 7) is 6.13. The van der Waals surface area contributed by atoms with Crippen molar-refractivity contribution in [1.82, 2.24) is 0 Å². The van der Waals surface area contributed by atoms with Gasteiger partial charge in [-0.1, -0.05) is 6.07 Å². The predicted molar refractivity (Wildman–Crippen MR) is 75.3 cm³/mol. The Kier molecular flexibility index (Phi) is 5.32. The van der Waals surface area contributed by atoms with Crippen molar-refractivity contribution < 1.29 is 14.3 Å². The van der Waals surface area contributed by atoms with Crippen LogP contribution < -0.4 is 15.8 Å². The summed E-state index contributed by atoms with van der Waals surface area (Å²) in [7, 11) is 1.61. The van der Waals surface area contributed by atoms with Gasteiger partial charge in [0.05, 0.1) is 12.3 Å². The SMILES string of the molecule is CCOc1ccc(C(C)(CN)OC)cc1NC(C)=O. The van der Waals surface area contributed by atoms with Gasteiger partial charge in [0, 0.05) is 20.6 Å². The molecule has 19 heavy (non-hydrogen) atoms. The van der Waals surface area contributed by atoms with Crippen LogP contribution in [-0.2, 0) is 15.1 Å². The Morgan fingerprint density at radius 1 is 1.47 bits per heavy atom. The fraction of sp³-hybridized carbons (Fsp3) is 0.500. The van der Waals surface area contributed by atoms with Crippen molar-refractivity contribution in [3.05, 3.63) is 23.8 Å². The maximum atomic E-state index is 11.2. The van der Waals surface area contributed by atoms with Crippen LogP contribution in [0.15, 0.2) is 18.2 Å². The lowest BCUT2D eigenvalue weighted by atomic mass is 9.95. The van der Waals surface area contributed by atoms with Crippen LogP contribution >= 0.6 is 0 Å². The Morgan fingerprint density at radius 3 is 2.63 bits per heavy atom. The lowest BCUT2D eigenvalue weighted by Crippen LogP contribution is -2.33. The summed E-state index contributed by atoms with van der Waals surface area (Å²) in [5.41, 5.74) is 6.69. The van der Waals surface area contributed by atoms with Gasteiger partial charge in [0.25, 0.3) is 0 Å². The Labute approximate surface area is 114 Å². The lowest BCUT2D eigenvalue weighted by Gasteiger charge is -2.28. The summed E-state index contributed by atoms with van der Waals surface area (Å²) in [6.07, 6.45) is 0. The van der Waals surface area contributed by atoms with Crippen LogP contribution in [0.2, 0.25) is 0 Å². The number of ether oxygens (including phenoxy) is 2. The van der Waals surface area contributed by atoms with E-state index in [2.05, 4.69) is 5.32 Å². The molecule has 0 heterocycles. The Bertz CT molecular complexity index is 442. The second kappa shape index (κ2) is 6.54. The number of rotatable bonds is 6. The van der Waals surface area contributed by atoms with Gasteiger partial charge in [-0.3, -0.25) is 4.79 Å². The number of hydrogen-bond donors (Lipinski definition) is 2. The molecule has 5 heteroatoms. The number of nitrogens with one attached hydrogen (secondary N) is 1. The number of nitrogens with two attached hydrogens (primary N) is 1. The quantitative estimate of drug-likeness (QED) is 0.824. The molecule has 0 saturated heterocycles. The Hall–Kier alpha value is -1.59. The first-order chi connectivity index (χ1) is 8.96. The molecule has 0 bridgehead atoms. The van der Waals surface area contributed by atoms with Gasteiger partial charge in [0.2, 0.25) is 5.91 Å². The lowest BCUT2D eigenvalue weighted by molar-refractivity contribution is -0.114. The molecule has 0 aliphatic heterocycles. The number of amides is 1. The summed E-state index contributed by atoms with van der Waals surface area (Å²) in [4.78, 5) is 11.2. The molecule has 0 radical (unpaired) electrons. The van der Waals surface area contributed by atoms with Crippen LogP contribution in [0, 0.1) is 0 Å². The third-order valence-corrected chi connectivity index (χ3v) is 3.04. The average molecular weight is 266 g/mol. The molecule has 0 saturated carbocycles. The monoisotopic (exact) mass is 266 g/mol. The third kappa shape index (κ3) is 3.68. The summed E-state index contributed by atoms with van der Waals surface area (Å²) in [5, 5.41) is 2.76. The van der Waals surface area contributed by atoms with Crippen molar-refractivity contribution in [3.8, 4) is 5.75 Å². The molecular weight excluding hydrogens is 244 g/mol. The first-order valence-corrected chi connectivity index (χ1v) is 6.27. The van der Waals surface area contributed by atoms with Crippen molar-refractivity contribution in [2.75, 3.05) is 25.6 Å². The molecule has 0 aliphatic rings. The third-order valence-electron chi connectivity index (χ3n) is 3.04. The average Bonchev–Trinajstić information content (AvgIpc) is 2.39. The minimum absolute atomic E-state index is 0.148. The van der Waals surface area contributed by atoms with Crippen LogP contribution in [-0.4, -0.2) is 26.2 Å². The van der Waals surface area contributed by atoms with E-state index in [1.165, 1.54) is 6.92 Å². The number of benzene rings is 1. The molecule has 0 aromatic heterocycles. The number of anilines is 1. The highest BCUT2D eigenvalue weighted by molar-refractivity contribution is 5.90. The van der Waals surface area contributed by atoms with Crippen molar-refractivity contribution in [2.45, 2.75) is 26.4 Å². The van der Waals surface area contributed by atoms with Gasteiger partial charge in [-0.15, -0.1) is 0 Å². The maximum absolute atomic E-state index is 11.2. The fourth-order valence-corrected chi connectivity index (χ4v) is 1.75. The molecule has 5 nitrogen and oxygen atoms in total. The second-order valence-electron chi connectivity index (χ2n) is 4.46. The summed E-state index contributed by atoms with van der Waals surface area (Å²) < 4.78 is 10.9. The van der Waals surface area contributed by atoms with Crippen LogP contribution in [0.25, 0.3) is 0 Å². The second-order valence-corrected chi connectivity index (χ2v) is 4.46. The van der Waals surface area contributed by atoms with E-state index in [-0.39, 0.29) is 5.91 Å². The number of methoxy groups -OCH3 is 1. The van der Waals surface area contributed by atoms with Crippen LogP contribution in [0.5, 0.6) is 5.75 Å². The molecule has 1 rings (SSSR count). The molecule has 1 amide bonds. The van der Waals surface area contributed by atoms with E-state index in [1.54, 1.807) is 7.11 Å². The summed E-state index contributed by atoms with van der Waals surface area (Å²) >= 11 is 0. The number of hydrogen-bond acceptors (Lipinski definition) is 4.